The SMILES string of the molecule is CCCn1cc([N+](=O)[O-])cc1C(=O)NCCCCO. The summed E-state index contributed by atoms with van der Waals surface area (Å²) in [7, 11) is 0. The smallest absolute Gasteiger partial charge is 0.287 e. The Morgan fingerprint density at radius 3 is 2.84 bits per heavy atom. The lowest BCUT2D eigenvalue weighted by Crippen LogP contribution is -2.26. The van der Waals surface area contributed by atoms with Crippen LogP contribution in [0, 0.1) is 10.1 Å². The first-order chi connectivity index (χ1) is 9.10. The van der Waals surface area contributed by atoms with Crippen molar-refractivity contribution < 1.29 is 14.8 Å². The molecule has 0 fully saturated rings. The Labute approximate surface area is 111 Å². The molecule has 1 aromatic rings. The van der Waals surface area contributed by atoms with Gasteiger partial charge in [0.2, 0.25) is 0 Å². The molecule has 7 heteroatoms. The van der Waals surface area contributed by atoms with Gasteiger partial charge in [0.15, 0.2) is 0 Å². The summed E-state index contributed by atoms with van der Waals surface area (Å²) in [4.78, 5) is 22.1. The molecule has 0 radical (unpaired) electrons. The van der Waals surface area contributed by atoms with Crippen LogP contribution in [0.15, 0.2) is 12.3 Å². The molecule has 0 spiro atoms. The summed E-state index contributed by atoms with van der Waals surface area (Å²) in [5.74, 6) is -0.320. The van der Waals surface area contributed by atoms with Gasteiger partial charge in [0, 0.05) is 25.8 Å². The van der Waals surface area contributed by atoms with E-state index < -0.39 is 4.92 Å². The Balaban J connectivity index is 2.73. The van der Waals surface area contributed by atoms with Gasteiger partial charge in [-0.1, -0.05) is 6.92 Å². The van der Waals surface area contributed by atoms with E-state index in [1.54, 1.807) is 4.57 Å². The number of nitrogens with one attached hydrogen (secondary N) is 1. The number of nitro groups is 1. The number of unbranched alkanes of at least 4 members (excludes halogenated alkanes) is 1. The molecule has 1 amide bonds. The maximum absolute atomic E-state index is 11.9. The second-order valence-electron chi connectivity index (χ2n) is 4.22. The monoisotopic (exact) mass is 269 g/mol. The van der Waals surface area contributed by atoms with Crippen LogP contribution in [0.3, 0.4) is 0 Å². The molecule has 1 aromatic heterocycles. The molecule has 0 saturated heterocycles. The van der Waals surface area contributed by atoms with Gasteiger partial charge >= 0.3 is 0 Å². The Morgan fingerprint density at radius 1 is 1.53 bits per heavy atom. The minimum Gasteiger partial charge on any atom is -0.396 e. The molecule has 2 N–H and O–H groups in total. The van der Waals surface area contributed by atoms with Crippen LogP contribution in [-0.4, -0.2) is 33.7 Å². The number of aryl methyl sites for hydroxylation is 1. The molecule has 0 aromatic carbocycles. The van der Waals surface area contributed by atoms with E-state index in [-0.39, 0.29) is 18.2 Å². The third-order valence-electron chi connectivity index (χ3n) is 2.66. The predicted octanol–water partition coefficient (Wildman–Crippen LogP) is 1.31. The van der Waals surface area contributed by atoms with E-state index in [1.165, 1.54) is 12.3 Å². The number of aliphatic hydroxyl groups excluding tert-OH is 1. The molecule has 1 heterocycles. The molecule has 19 heavy (non-hydrogen) atoms. The van der Waals surface area contributed by atoms with Crippen LogP contribution in [-0.2, 0) is 6.54 Å². The first-order valence-corrected chi connectivity index (χ1v) is 6.33. The molecular formula is C12H19N3O4. The Hall–Kier alpha value is -1.89. The van der Waals surface area contributed by atoms with E-state index in [4.69, 9.17) is 5.11 Å². The number of hydrogen-bond donors (Lipinski definition) is 2. The van der Waals surface area contributed by atoms with Gasteiger partial charge in [0.25, 0.3) is 11.6 Å². The molecule has 0 aliphatic carbocycles. The lowest BCUT2D eigenvalue weighted by Gasteiger charge is -2.07. The second-order valence-corrected chi connectivity index (χ2v) is 4.22. The molecule has 0 aliphatic heterocycles. The fraction of sp³-hybridized carbons (Fsp3) is 0.583. The van der Waals surface area contributed by atoms with Gasteiger partial charge in [0.05, 0.1) is 11.1 Å². The summed E-state index contributed by atoms with van der Waals surface area (Å²) in [5.41, 5.74) is 0.228. The average Bonchev–Trinajstić information content (AvgIpc) is 2.79. The normalized spacial score (nSPS) is 10.4. The lowest BCUT2D eigenvalue weighted by molar-refractivity contribution is -0.384. The van der Waals surface area contributed by atoms with E-state index in [9.17, 15) is 14.9 Å². The predicted molar refractivity (Wildman–Crippen MR) is 70.0 cm³/mol. The van der Waals surface area contributed by atoms with Crippen LogP contribution in [0.4, 0.5) is 5.69 Å². The van der Waals surface area contributed by atoms with Crippen LogP contribution in [0.5, 0.6) is 0 Å². The molecule has 1 rings (SSSR count). The summed E-state index contributed by atoms with van der Waals surface area (Å²) >= 11 is 0. The van der Waals surface area contributed by atoms with Crippen molar-refractivity contribution in [1.29, 1.82) is 0 Å². The summed E-state index contributed by atoms with van der Waals surface area (Å²) in [6.07, 6.45) is 3.47. The van der Waals surface area contributed by atoms with E-state index in [2.05, 4.69) is 5.32 Å². The van der Waals surface area contributed by atoms with Gasteiger partial charge in [-0.3, -0.25) is 14.9 Å². The number of amides is 1. The van der Waals surface area contributed by atoms with Crippen LogP contribution in [0.1, 0.15) is 36.7 Å². The number of aromatic nitrogens is 1. The van der Waals surface area contributed by atoms with Crippen molar-refractivity contribution in [3.8, 4) is 0 Å². The fourth-order valence-corrected chi connectivity index (χ4v) is 1.74. The number of nitrogens with zero attached hydrogens (tertiary/aromatic N) is 2. The highest BCUT2D eigenvalue weighted by atomic mass is 16.6. The average molecular weight is 269 g/mol. The zero-order valence-corrected chi connectivity index (χ0v) is 11.0. The number of carbonyl (C=O) groups excluding carboxylic acids is 1. The van der Waals surface area contributed by atoms with Crippen molar-refractivity contribution in [3.63, 3.8) is 0 Å². The highest BCUT2D eigenvalue weighted by Gasteiger charge is 2.18. The molecule has 0 unspecified atom stereocenters. The quantitative estimate of drug-likeness (QED) is 0.422. The first kappa shape index (κ1) is 15.2. The molecule has 106 valence electrons. The molecule has 7 nitrogen and oxygen atoms in total. The number of rotatable bonds is 8. The molecule has 0 saturated carbocycles. The van der Waals surface area contributed by atoms with Gasteiger partial charge in [0.1, 0.15) is 5.69 Å². The molecule has 0 atom stereocenters. The van der Waals surface area contributed by atoms with E-state index >= 15 is 0 Å². The van der Waals surface area contributed by atoms with Crippen LogP contribution in [0.2, 0.25) is 0 Å². The summed E-state index contributed by atoms with van der Waals surface area (Å²) < 4.78 is 1.60. The lowest BCUT2D eigenvalue weighted by atomic mass is 10.3. The number of carbonyl (C=O) groups is 1. The number of hydrogen-bond acceptors (Lipinski definition) is 4. The third kappa shape index (κ3) is 4.36. The topological polar surface area (TPSA) is 97.4 Å². The maximum atomic E-state index is 11.9. The highest BCUT2D eigenvalue weighted by molar-refractivity contribution is 5.93. The summed E-state index contributed by atoms with van der Waals surface area (Å²) in [6, 6.07) is 1.29. The van der Waals surface area contributed by atoms with Gasteiger partial charge in [-0.25, -0.2) is 0 Å². The Morgan fingerprint density at radius 2 is 2.26 bits per heavy atom. The number of aliphatic hydroxyl groups is 1. The van der Waals surface area contributed by atoms with Gasteiger partial charge in [-0.05, 0) is 19.3 Å². The van der Waals surface area contributed by atoms with Crippen LogP contribution >= 0.6 is 0 Å². The van der Waals surface area contributed by atoms with Gasteiger partial charge < -0.3 is 15.0 Å². The zero-order valence-electron chi connectivity index (χ0n) is 11.0. The zero-order chi connectivity index (χ0) is 14.3. The van der Waals surface area contributed by atoms with Crippen molar-refractivity contribution in [2.24, 2.45) is 0 Å². The highest BCUT2D eigenvalue weighted by Crippen LogP contribution is 2.17. The molecule has 0 aliphatic rings. The van der Waals surface area contributed by atoms with Crippen molar-refractivity contribution in [3.05, 3.63) is 28.1 Å². The van der Waals surface area contributed by atoms with Gasteiger partial charge in [-0.15, -0.1) is 0 Å². The molecular weight excluding hydrogens is 250 g/mol. The van der Waals surface area contributed by atoms with Crippen molar-refractivity contribution >= 4 is 11.6 Å². The van der Waals surface area contributed by atoms with Crippen molar-refractivity contribution in [1.82, 2.24) is 9.88 Å². The van der Waals surface area contributed by atoms with Crippen LogP contribution < -0.4 is 5.32 Å². The largest absolute Gasteiger partial charge is 0.396 e. The van der Waals surface area contributed by atoms with Crippen molar-refractivity contribution in [2.45, 2.75) is 32.7 Å². The summed E-state index contributed by atoms with van der Waals surface area (Å²) in [5, 5.41) is 22.1. The summed E-state index contributed by atoms with van der Waals surface area (Å²) in [6.45, 7) is 3.04. The van der Waals surface area contributed by atoms with E-state index in [0.29, 0.717) is 31.6 Å². The third-order valence-corrected chi connectivity index (χ3v) is 2.66. The van der Waals surface area contributed by atoms with E-state index in [1.807, 2.05) is 6.92 Å². The first-order valence-electron chi connectivity index (χ1n) is 6.33. The van der Waals surface area contributed by atoms with Crippen molar-refractivity contribution in [2.75, 3.05) is 13.2 Å². The Bertz CT molecular complexity index is 442. The minimum atomic E-state index is -0.505. The maximum Gasteiger partial charge on any atom is 0.287 e. The molecule has 0 bridgehead atoms. The second kappa shape index (κ2) is 7.52. The standard InChI is InChI=1S/C12H19N3O4/c1-2-6-14-9-10(15(18)19)8-11(14)12(17)13-5-3-4-7-16/h8-9,16H,2-7H2,1H3,(H,13,17). The van der Waals surface area contributed by atoms with E-state index in [0.717, 1.165) is 6.42 Å². The van der Waals surface area contributed by atoms with Crippen LogP contribution in [0.25, 0.3) is 0 Å². The minimum absolute atomic E-state index is 0.0750. The Kier molecular flexibility index (Phi) is 6.01. The van der Waals surface area contributed by atoms with Gasteiger partial charge in [-0.2, -0.15) is 0 Å². The fourth-order valence-electron chi connectivity index (χ4n) is 1.74.